The van der Waals surface area contributed by atoms with Crippen molar-refractivity contribution < 1.29 is 4.65 Å². The fraction of sp³-hybridized carbons (Fsp3) is 0.250. The summed E-state index contributed by atoms with van der Waals surface area (Å²) >= 11 is 0. The van der Waals surface area contributed by atoms with Crippen LogP contribution in [0.1, 0.15) is 5.56 Å². The molecule has 1 nitrogen and oxygen atoms in total. The SMILES string of the molecule is [B]OCCc1ccccc1. The van der Waals surface area contributed by atoms with Crippen LogP contribution in [-0.2, 0) is 11.1 Å². The summed E-state index contributed by atoms with van der Waals surface area (Å²) in [7, 11) is 4.88. The van der Waals surface area contributed by atoms with Gasteiger partial charge in [0.25, 0.3) is 8.05 Å². The van der Waals surface area contributed by atoms with Gasteiger partial charge in [0, 0.05) is 6.61 Å². The van der Waals surface area contributed by atoms with Crippen LogP contribution in [0.25, 0.3) is 0 Å². The Hall–Kier alpha value is -0.755. The standard InChI is InChI=1S/C8H9BO/c9-10-7-6-8-4-2-1-3-5-8/h1-5H,6-7H2. The Bertz CT molecular complexity index is 174. The summed E-state index contributed by atoms with van der Waals surface area (Å²) in [6.07, 6.45) is 0.886. The van der Waals surface area contributed by atoms with Crippen molar-refractivity contribution in [1.29, 1.82) is 0 Å². The van der Waals surface area contributed by atoms with Gasteiger partial charge in [-0.05, 0) is 12.0 Å². The quantitative estimate of drug-likeness (QED) is 0.563. The lowest BCUT2D eigenvalue weighted by atomic mass is 10.2. The van der Waals surface area contributed by atoms with Crippen LogP contribution in [0.5, 0.6) is 0 Å². The van der Waals surface area contributed by atoms with Crippen LogP contribution in [0.4, 0.5) is 0 Å². The van der Waals surface area contributed by atoms with Crippen molar-refractivity contribution in [2.45, 2.75) is 6.42 Å². The predicted molar refractivity (Wildman–Crippen MR) is 41.9 cm³/mol. The van der Waals surface area contributed by atoms with E-state index in [0.717, 1.165) is 6.42 Å². The molecular formula is C8H9BO. The highest BCUT2D eigenvalue weighted by Gasteiger charge is 1.87. The van der Waals surface area contributed by atoms with Gasteiger partial charge in [0.2, 0.25) is 0 Å². The topological polar surface area (TPSA) is 9.23 Å². The molecule has 0 N–H and O–H groups in total. The normalized spacial score (nSPS) is 9.60. The van der Waals surface area contributed by atoms with Crippen molar-refractivity contribution in [3.8, 4) is 0 Å². The molecule has 1 rings (SSSR count). The minimum absolute atomic E-state index is 0.587. The Morgan fingerprint density at radius 3 is 2.50 bits per heavy atom. The molecule has 0 saturated heterocycles. The van der Waals surface area contributed by atoms with Gasteiger partial charge in [-0.2, -0.15) is 0 Å². The Morgan fingerprint density at radius 1 is 1.20 bits per heavy atom. The molecule has 0 amide bonds. The Kier molecular flexibility index (Phi) is 3.03. The summed E-state index contributed by atoms with van der Waals surface area (Å²) in [4.78, 5) is 0. The Morgan fingerprint density at radius 2 is 1.90 bits per heavy atom. The van der Waals surface area contributed by atoms with Gasteiger partial charge < -0.3 is 4.65 Å². The molecule has 10 heavy (non-hydrogen) atoms. The lowest BCUT2D eigenvalue weighted by molar-refractivity contribution is 0.354. The third-order valence-corrected chi connectivity index (χ3v) is 1.35. The van der Waals surface area contributed by atoms with E-state index in [1.807, 2.05) is 18.2 Å². The monoisotopic (exact) mass is 132 g/mol. The lowest BCUT2D eigenvalue weighted by Gasteiger charge is -1.97. The van der Waals surface area contributed by atoms with Crippen LogP contribution in [0.2, 0.25) is 0 Å². The minimum atomic E-state index is 0.587. The Balaban J connectivity index is 2.43. The van der Waals surface area contributed by atoms with Crippen molar-refractivity contribution in [3.05, 3.63) is 35.9 Å². The number of hydrogen-bond donors (Lipinski definition) is 0. The maximum atomic E-state index is 4.88. The summed E-state index contributed by atoms with van der Waals surface area (Å²) in [6.45, 7) is 0.587. The first-order valence-corrected chi connectivity index (χ1v) is 3.29. The van der Waals surface area contributed by atoms with Gasteiger partial charge in [-0.3, -0.25) is 0 Å². The first kappa shape index (κ1) is 7.35. The van der Waals surface area contributed by atoms with Crippen molar-refractivity contribution in [2.75, 3.05) is 6.61 Å². The molecule has 0 atom stereocenters. The first-order chi connectivity index (χ1) is 4.93. The highest BCUT2D eigenvalue weighted by Crippen LogP contribution is 1.98. The van der Waals surface area contributed by atoms with Crippen molar-refractivity contribution in [2.24, 2.45) is 0 Å². The van der Waals surface area contributed by atoms with E-state index in [-0.39, 0.29) is 0 Å². The summed E-state index contributed by atoms with van der Waals surface area (Å²) in [5, 5.41) is 0. The van der Waals surface area contributed by atoms with E-state index in [0.29, 0.717) is 6.61 Å². The van der Waals surface area contributed by atoms with Crippen LogP contribution < -0.4 is 0 Å². The zero-order valence-electron chi connectivity index (χ0n) is 5.79. The van der Waals surface area contributed by atoms with Crippen LogP contribution in [0, 0.1) is 0 Å². The third kappa shape index (κ3) is 2.23. The first-order valence-electron chi connectivity index (χ1n) is 3.29. The van der Waals surface area contributed by atoms with Gasteiger partial charge in [-0.1, -0.05) is 30.3 Å². The smallest absolute Gasteiger partial charge is 0.282 e. The molecule has 0 bridgehead atoms. The number of rotatable bonds is 3. The van der Waals surface area contributed by atoms with E-state index < -0.39 is 0 Å². The molecule has 0 unspecified atom stereocenters. The summed E-state index contributed by atoms with van der Waals surface area (Å²) in [5.74, 6) is 0. The van der Waals surface area contributed by atoms with Crippen molar-refractivity contribution in [1.82, 2.24) is 0 Å². The largest absolute Gasteiger partial charge is 0.447 e. The van der Waals surface area contributed by atoms with E-state index in [4.69, 9.17) is 8.05 Å². The molecule has 0 aliphatic rings. The molecule has 50 valence electrons. The highest BCUT2D eigenvalue weighted by molar-refractivity contribution is 5.97. The van der Waals surface area contributed by atoms with E-state index in [1.165, 1.54) is 5.56 Å². The molecule has 0 spiro atoms. The molecule has 0 aromatic heterocycles. The molecule has 2 radical (unpaired) electrons. The fourth-order valence-electron chi connectivity index (χ4n) is 0.821. The third-order valence-electron chi connectivity index (χ3n) is 1.35. The van der Waals surface area contributed by atoms with Gasteiger partial charge in [-0.25, -0.2) is 0 Å². The van der Waals surface area contributed by atoms with E-state index in [1.54, 1.807) is 0 Å². The van der Waals surface area contributed by atoms with Gasteiger partial charge in [-0.15, -0.1) is 0 Å². The molecule has 0 heterocycles. The van der Waals surface area contributed by atoms with Crippen molar-refractivity contribution in [3.63, 3.8) is 0 Å². The zero-order valence-corrected chi connectivity index (χ0v) is 5.79. The van der Waals surface area contributed by atoms with Crippen LogP contribution in [0.15, 0.2) is 30.3 Å². The second kappa shape index (κ2) is 4.12. The van der Waals surface area contributed by atoms with E-state index >= 15 is 0 Å². The molecule has 1 aromatic carbocycles. The van der Waals surface area contributed by atoms with E-state index in [9.17, 15) is 0 Å². The molecule has 0 saturated carbocycles. The number of hydrogen-bond acceptors (Lipinski definition) is 1. The van der Waals surface area contributed by atoms with Crippen molar-refractivity contribution >= 4 is 8.05 Å². The summed E-state index contributed by atoms with van der Waals surface area (Å²) in [5.41, 5.74) is 1.26. The maximum absolute atomic E-state index is 4.88. The molecule has 0 aliphatic carbocycles. The van der Waals surface area contributed by atoms with E-state index in [2.05, 4.69) is 16.8 Å². The summed E-state index contributed by atoms with van der Waals surface area (Å²) < 4.78 is 4.45. The maximum Gasteiger partial charge on any atom is 0.282 e. The molecule has 0 fully saturated rings. The van der Waals surface area contributed by atoms with Gasteiger partial charge >= 0.3 is 0 Å². The predicted octanol–water partition coefficient (Wildman–Crippen LogP) is 1.33. The molecule has 2 heteroatoms. The van der Waals surface area contributed by atoms with Gasteiger partial charge in [0.05, 0.1) is 0 Å². The zero-order chi connectivity index (χ0) is 7.23. The molecule has 1 aromatic rings. The summed E-state index contributed by atoms with van der Waals surface area (Å²) in [6, 6.07) is 10.1. The fourth-order valence-corrected chi connectivity index (χ4v) is 0.821. The highest BCUT2D eigenvalue weighted by atomic mass is 16.4. The lowest BCUT2D eigenvalue weighted by Crippen LogP contribution is -1.94. The van der Waals surface area contributed by atoms with Crippen LogP contribution in [-0.4, -0.2) is 14.7 Å². The molecular weight excluding hydrogens is 123 g/mol. The Labute approximate surface area is 62.5 Å². The minimum Gasteiger partial charge on any atom is -0.447 e. The average molecular weight is 132 g/mol. The van der Waals surface area contributed by atoms with Gasteiger partial charge in [0.1, 0.15) is 0 Å². The van der Waals surface area contributed by atoms with Gasteiger partial charge in [0.15, 0.2) is 0 Å². The second-order valence-electron chi connectivity index (χ2n) is 2.11. The average Bonchev–Trinajstić information content (AvgIpc) is 2.03. The van der Waals surface area contributed by atoms with Crippen LogP contribution in [0.3, 0.4) is 0 Å². The molecule has 0 aliphatic heterocycles. The van der Waals surface area contributed by atoms with Crippen LogP contribution >= 0.6 is 0 Å². The number of benzene rings is 1. The second-order valence-corrected chi connectivity index (χ2v) is 2.11.